The van der Waals surface area contributed by atoms with Crippen LogP contribution in [0.2, 0.25) is 0 Å². The fourth-order valence-electron chi connectivity index (χ4n) is 0.516. The molecule has 0 saturated heterocycles. The van der Waals surface area contributed by atoms with E-state index in [-0.39, 0.29) is 0 Å². The van der Waals surface area contributed by atoms with E-state index in [0.29, 0.717) is 4.88 Å². The van der Waals surface area contributed by atoms with E-state index in [4.69, 9.17) is 0 Å². The molecule has 10 heavy (non-hydrogen) atoms. The number of carbonyl (C=O) groups excluding carboxylic acids is 2. The summed E-state index contributed by atoms with van der Waals surface area (Å²) in [7, 11) is 0. The molecule has 51 valence electrons. The molecule has 1 N–H and O–H groups in total. The van der Waals surface area contributed by atoms with E-state index in [9.17, 15) is 9.59 Å². The number of thiophene rings is 1. The molecule has 0 unspecified atom stereocenters. The number of hydrogen-bond acceptors (Lipinski definition) is 3. The quantitative estimate of drug-likeness (QED) is 0.632. The molecule has 0 spiro atoms. The van der Waals surface area contributed by atoms with Crippen LogP contribution in [-0.4, -0.2) is 12.3 Å². The van der Waals surface area contributed by atoms with E-state index >= 15 is 0 Å². The lowest BCUT2D eigenvalue weighted by atomic mass is 10.4. The van der Waals surface area contributed by atoms with Crippen LogP contribution in [0.25, 0.3) is 0 Å². The first-order valence-corrected chi connectivity index (χ1v) is 3.43. The fourth-order valence-corrected chi connectivity index (χ4v) is 1.13. The minimum atomic E-state index is -0.398. The molecule has 2 amide bonds. The molecule has 0 aliphatic heterocycles. The molecular formula is C6H4NO2S. The SMILES string of the molecule is O=[C]NC(=O)c1cccs1. The van der Waals surface area contributed by atoms with Crippen LogP contribution in [0.15, 0.2) is 17.5 Å². The summed E-state index contributed by atoms with van der Waals surface area (Å²) in [6.45, 7) is 0. The summed E-state index contributed by atoms with van der Waals surface area (Å²) in [5.41, 5.74) is 0. The third kappa shape index (κ3) is 1.41. The maximum atomic E-state index is 10.7. The van der Waals surface area contributed by atoms with Gasteiger partial charge in [-0.2, -0.15) is 0 Å². The Hall–Kier alpha value is -1.16. The maximum absolute atomic E-state index is 10.7. The third-order valence-corrected chi connectivity index (χ3v) is 1.78. The second kappa shape index (κ2) is 3.12. The molecule has 1 aromatic rings. The molecule has 0 aliphatic rings. The average molecular weight is 154 g/mol. The highest BCUT2D eigenvalue weighted by Crippen LogP contribution is 2.06. The second-order valence-corrected chi connectivity index (χ2v) is 2.48. The number of nitrogens with one attached hydrogen (secondary N) is 1. The average Bonchev–Trinajstić information content (AvgIpc) is 2.38. The van der Waals surface area contributed by atoms with Gasteiger partial charge >= 0.3 is 6.41 Å². The van der Waals surface area contributed by atoms with Gasteiger partial charge < -0.3 is 0 Å². The van der Waals surface area contributed by atoms with Crippen molar-refractivity contribution >= 4 is 23.7 Å². The first-order chi connectivity index (χ1) is 4.84. The van der Waals surface area contributed by atoms with Gasteiger partial charge in [-0.1, -0.05) is 6.07 Å². The van der Waals surface area contributed by atoms with E-state index in [1.54, 1.807) is 17.5 Å². The lowest BCUT2D eigenvalue weighted by Crippen LogP contribution is -2.19. The first kappa shape index (κ1) is 6.95. The fraction of sp³-hybridized carbons (Fsp3) is 0. The summed E-state index contributed by atoms with van der Waals surface area (Å²) in [6.07, 6.45) is 1.31. The molecule has 3 nitrogen and oxygen atoms in total. The van der Waals surface area contributed by atoms with Crippen molar-refractivity contribution in [2.24, 2.45) is 0 Å². The maximum Gasteiger partial charge on any atom is 0.316 e. The van der Waals surface area contributed by atoms with Gasteiger partial charge in [0, 0.05) is 0 Å². The number of amides is 2. The van der Waals surface area contributed by atoms with E-state index in [2.05, 4.69) is 0 Å². The number of hydrogen-bond donors (Lipinski definition) is 1. The van der Waals surface area contributed by atoms with Gasteiger partial charge in [-0.05, 0) is 11.4 Å². The zero-order valence-corrected chi connectivity index (χ0v) is 5.77. The van der Waals surface area contributed by atoms with Gasteiger partial charge in [-0.25, -0.2) is 0 Å². The Morgan fingerprint density at radius 3 is 3.00 bits per heavy atom. The largest absolute Gasteiger partial charge is 0.316 e. The van der Waals surface area contributed by atoms with Gasteiger partial charge in [0.15, 0.2) is 0 Å². The Bertz CT molecular complexity index is 230. The third-order valence-electron chi connectivity index (χ3n) is 0.910. The Morgan fingerprint density at radius 2 is 2.50 bits per heavy atom. The lowest BCUT2D eigenvalue weighted by Gasteiger charge is -1.88. The van der Waals surface area contributed by atoms with Gasteiger partial charge in [0.05, 0.1) is 4.88 Å². The van der Waals surface area contributed by atoms with Crippen molar-refractivity contribution in [3.63, 3.8) is 0 Å². The van der Waals surface area contributed by atoms with Crippen LogP contribution in [0.3, 0.4) is 0 Å². The first-order valence-electron chi connectivity index (χ1n) is 2.55. The van der Waals surface area contributed by atoms with Gasteiger partial charge in [-0.15, -0.1) is 11.3 Å². The minimum Gasteiger partial charge on any atom is -0.283 e. The van der Waals surface area contributed by atoms with E-state index < -0.39 is 5.91 Å². The molecule has 0 fully saturated rings. The van der Waals surface area contributed by atoms with Gasteiger partial charge in [0.2, 0.25) is 0 Å². The highest BCUT2D eigenvalue weighted by atomic mass is 32.1. The van der Waals surface area contributed by atoms with Crippen LogP contribution in [-0.2, 0) is 4.79 Å². The molecular weight excluding hydrogens is 150 g/mol. The van der Waals surface area contributed by atoms with Crippen molar-refractivity contribution in [3.8, 4) is 0 Å². The summed E-state index contributed by atoms with van der Waals surface area (Å²) in [4.78, 5) is 20.9. The standard InChI is InChI=1S/C6H4NO2S/c8-4-7-6(9)5-2-1-3-10-5/h1-3H,(H,7,8,9). The van der Waals surface area contributed by atoms with Crippen molar-refractivity contribution in [1.82, 2.24) is 5.32 Å². The van der Waals surface area contributed by atoms with Crippen LogP contribution in [0.5, 0.6) is 0 Å². The van der Waals surface area contributed by atoms with Crippen LogP contribution in [0.1, 0.15) is 9.67 Å². The molecule has 4 heteroatoms. The van der Waals surface area contributed by atoms with Gasteiger partial charge in [0.1, 0.15) is 0 Å². The van der Waals surface area contributed by atoms with Gasteiger partial charge in [0.25, 0.3) is 5.91 Å². The zero-order valence-electron chi connectivity index (χ0n) is 4.96. The van der Waals surface area contributed by atoms with Crippen LogP contribution >= 0.6 is 11.3 Å². The Balaban J connectivity index is 2.68. The molecule has 0 bridgehead atoms. The molecule has 0 saturated carbocycles. The molecule has 1 radical (unpaired) electrons. The van der Waals surface area contributed by atoms with Crippen molar-refractivity contribution in [3.05, 3.63) is 22.4 Å². The summed E-state index contributed by atoms with van der Waals surface area (Å²) < 4.78 is 0. The van der Waals surface area contributed by atoms with E-state index in [1.165, 1.54) is 17.7 Å². The Labute approximate surface area is 61.7 Å². The smallest absolute Gasteiger partial charge is 0.283 e. The summed E-state index contributed by atoms with van der Waals surface area (Å²) in [6, 6.07) is 3.38. The molecule has 1 heterocycles. The van der Waals surface area contributed by atoms with E-state index in [0.717, 1.165) is 0 Å². The zero-order chi connectivity index (χ0) is 7.40. The van der Waals surface area contributed by atoms with Crippen LogP contribution in [0.4, 0.5) is 0 Å². The van der Waals surface area contributed by atoms with Crippen LogP contribution in [0, 0.1) is 0 Å². The van der Waals surface area contributed by atoms with Crippen molar-refractivity contribution in [1.29, 1.82) is 0 Å². The normalized spacial score (nSPS) is 8.80. The van der Waals surface area contributed by atoms with E-state index in [1.807, 2.05) is 5.32 Å². The molecule has 0 aliphatic carbocycles. The summed E-state index contributed by atoms with van der Waals surface area (Å²) >= 11 is 1.28. The summed E-state index contributed by atoms with van der Waals surface area (Å²) in [5.74, 6) is -0.398. The number of imide groups is 1. The lowest BCUT2D eigenvalue weighted by molar-refractivity contribution is 0.0980. The highest BCUT2D eigenvalue weighted by molar-refractivity contribution is 7.12. The monoisotopic (exact) mass is 154 g/mol. The molecule has 0 aromatic carbocycles. The minimum absolute atomic E-state index is 0.398. The summed E-state index contributed by atoms with van der Waals surface area (Å²) in [5, 5.41) is 3.68. The molecule has 1 rings (SSSR count). The van der Waals surface area contributed by atoms with Gasteiger partial charge in [-0.3, -0.25) is 14.9 Å². The number of rotatable bonds is 2. The second-order valence-electron chi connectivity index (χ2n) is 1.53. The van der Waals surface area contributed by atoms with Crippen LogP contribution < -0.4 is 5.32 Å². The predicted octanol–water partition coefficient (Wildman–Crippen LogP) is 0.545. The topological polar surface area (TPSA) is 46.2 Å². The number of carbonyl (C=O) groups is 1. The Kier molecular flexibility index (Phi) is 2.17. The predicted molar refractivity (Wildman–Crippen MR) is 37.5 cm³/mol. The van der Waals surface area contributed by atoms with Crippen molar-refractivity contribution < 1.29 is 9.59 Å². The van der Waals surface area contributed by atoms with Crippen molar-refractivity contribution in [2.75, 3.05) is 0 Å². The molecule has 1 aromatic heterocycles. The highest BCUT2D eigenvalue weighted by Gasteiger charge is 2.03. The Morgan fingerprint density at radius 1 is 1.70 bits per heavy atom. The molecule has 0 atom stereocenters. The van der Waals surface area contributed by atoms with Crippen molar-refractivity contribution in [2.45, 2.75) is 0 Å².